The van der Waals surface area contributed by atoms with E-state index in [2.05, 4.69) is 17.3 Å². The van der Waals surface area contributed by atoms with Gasteiger partial charge >= 0.3 is 0 Å². The van der Waals surface area contributed by atoms with E-state index in [0.717, 1.165) is 30.6 Å². The summed E-state index contributed by atoms with van der Waals surface area (Å²) in [5, 5.41) is 0. The van der Waals surface area contributed by atoms with Crippen molar-refractivity contribution in [3.63, 3.8) is 0 Å². The summed E-state index contributed by atoms with van der Waals surface area (Å²) in [4.78, 5) is 4.49. The molecule has 13 heavy (non-hydrogen) atoms. The third-order valence-electron chi connectivity index (χ3n) is 3.38. The van der Waals surface area contributed by atoms with Crippen LogP contribution in [0.4, 0.5) is 0 Å². The van der Waals surface area contributed by atoms with E-state index < -0.39 is 0 Å². The summed E-state index contributed by atoms with van der Waals surface area (Å²) in [5.41, 5.74) is 2.78. The van der Waals surface area contributed by atoms with Crippen LogP contribution in [0.25, 0.3) is 0 Å². The highest BCUT2D eigenvalue weighted by Gasteiger charge is 2.54. The fraction of sp³-hybridized carbons (Fsp3) is 0.900. The van der Waals surface area contributed by atoms with E-state index >= 15 is 0 Å². The summed E-state index contributed by atoms with van der Waals surface area (Å²) in [6.07, 6.45) is 5.30. The van der Waals surface area contributed by atoms with Crippen LogP contribution in [-0.4, -0.2) is 12.4 Å². The van der Waals surface area contributed by atoms with Crippen LogP contribution in [-0.2, 0) is 0 Å². The molecule has 2 rings (SSSR count). The van der Waals surface area contributed by atoms with E-state index in [1.165, 1.54) is 19.3 Å². The number of hydrazine groups is 1. The molecule has 0 aromatic heterocycles. The van der Waals surface area contributed by atoms with Gasteiger partial charge in [0, 0.05) is 12.5 Å². The lowest BCUT2D eigenvalue weighted by Crippen LogP contribution is -2.33. The summed E-state index contributed by atoms with van der Waals surface area (Å²) in [6, 6.07) is 0. The average Bonchev–Trinajstić information content (AvgIpc) is 2.62. The molecule has 2 aliphatic rings. The molecular weight excluding hydrogens is 162 g/mol. The SMILES string of the molecule is CCCN=C(NN)C1C2CCCC21. The van der Waals surface area contributed by atoms with Crippen molar-refractivity contribution in [2.75, 3.05) is 6.54 Å². The van der Waals surface area contributed by atoms with Crippen LogP contribution < -0.4 is 11.3 Å². The summed E-state index contributed by atoms with van der Waals surface area (Å²) in [7, 11) is 0. The molecular formula is C10H19N3. The van der Waals surface area contributed by atoms with Gasteiger partial charge in [-0.15, -0.1) is 0 Å². The van der Waals surface area contributed by atoms with Crippen molar-refractivity contribution in [3.05, 3.63) is 0 Å². The van der Waals surface area contributed by atoms with Crippen molar-refractivity contribution in [3.8, 4) is 0 Å². The second-order valence-corrected chi connectivity index (χ2v) is 4.20. The summed E-state index contributed by atoms with van der Waals surface area (Å²) < 4.78 is 0. The Balaban J connectivity index is 1.91. The molecule has 3 heteroatoms. The van der Waals surface area contributed by atoms with Crippen LogP contribution in [0.1, 0.15) is 32.6 Å². The summed E-state index contributed by atoms with van der Waals surface area (Å²) in [6.45, 7) is 3.06. The molecule has 0 radical (unpaired) electrons. The first-order chi connectivity index (χ1) is 6.38. The zero-order valence-electron chi connectivity index (χ0n) is 8.29. The topological polar surface area (TPSA) is 50.4 Å². The smallest absolute Gasteiger partial charge is 0.114 e. The molecule has 2 unspecified atom stereocenters. The highest BCUT2D eigenvalue weighted by molar-refractivity contribution is 5.87. The van der Waals surface area contributed by atoms with Gasteiger partial charge < -0.3 is 5.43 Å². The molecule has 2 atom stereocenters. The molecule has 2 aliphatic carbocycles. The van der Waals surface area contributed by atoms with Gasteiger partial charge in [0.15, 0.2) is 0 Å². The summed E-state index contributed by atoms with van der Waals surface area (Å²) in [5.74, 6) is 9.05. The molecule has 2 fully saturated rings. The second-order valence-electron chi connectivity index (χ2n) is 4.20. The molecule has 0 aliphatic heterocycles. The number of hydrogen-bond donors (Lipinski definition) is 2. The number of hydrogen-bond acceptors (Lipinski definition) is 2. The molecule has 0 saturated heterocycles. The Bertz CT molecular complexity index is 202. The molecule has 3 N–H and O–H groups in total. The highest BCUT2D eigenvalue weighted by atomic mass is 15.3. The van der Waals surface area contributed by atoms with E-state index in [-0.39, 0.29) is 0 Å². The predicted molar refractivity (Wildman–Crippen MR) is 54.2 cm³/mol. The van der Waals surface area contributed by atoms with E-state index in [0.29, 0.717) is 5.92 Å². The number of fused-ring (bicyclic) bond motifs is 1. The Hall–Kier alpha value is -0.570. The molecule has 0 spiro atoms. The van der Waals surface area contributed by atoms with Gasteiger partial charge in [0.2, 0.25) is 0 Å². The van der Waals surface area contributed by atoms with Crippen molar-refractivity contribution in [1.29, 1.82) is 0 Å². The quantitative estimate of drug-likeness (QED) is 0.298. The van der Waals surface area contributed by atoms with Crippen LogP contribution in [0, 0.1) is 17.8 Å². The van der Waals surface area contributed by atoms with E-state index in [1.807, 2.05) is 0 Å². The van der Waals surface area contributed by atoms with E-state index in [4.69, 9.17) is 5.84 Å². The van der Waals surface area contributed by atoms with Gasteiger partial charge in [0.25, 0.3) is 0 Å². The van der Waals surface area contributed by atoms with Gasteiger partial charge in [0.1, 0.15) is 5.84 Å². The minimum atomic E-state index is 0.685. The van der Waals surface area contributed by atoms with Gasteiger partial charge in [0.05, 0.1) is 0 Å². The number of nitrogens with one attached hydrogen (secondary N) is 1. The van der Waals surface area contributed by atoms with Crippen molar-refractivity contribution in [2.45, 2.75) is 32.6 Å². The van der Waals surface area contributed by atoms with Crippen LogP contribution in [0.2, 0.25) is 0 Å². The standard InChI is InChI=1S/C10H19N3/c1-2-6-12-10(13-11)9-7-4-3-5-8(7)9/h7-9H,2-6,11H2,1H3,(H,12,13). The molecule has 0 heterocycles. The van der Waals surface area contributed by atoms with Crippen LogP contribution in [0.5, 0.6) is 0 Å². The number of nitrogens with zero attached hydrogens (tertiary/aromatic N) is 1. The van der Waals surface area contributed by atoms with Gasteiger partial charge in [-0.1, -0.05) is 13.3 Å². The zero-order valence-corrected chi connectivity index (χ0v) is 8.29. The average molecular weight is 181 g/mol. The van der Waals surface area contributed by atoms with Crippen LogP contribution >= 0.6 is 0 Å². The number of amidine groups is 1. The van der Waals surface area contributed by atoms with Crippen molar-refractivity contribution in [1.82, 2.24) is 5.43 Å². The molecule has 2 saturated carbocycles. The zero-order chi connectivity index (χ0) is 9.26. The van der Waals surface area contributed by atoms with Crippen LogP contribution in [0.3, 0.4) is 0 Å². The number of aliphatic imine (C=N–C) groups is 1. The lowest BCUT2D eigenvalue weighted by atomic mass is 10.1. The van der Waals surface area contributed by atoms with E-state index in [9.17, 15) is 0 Å². The first kappa shape index (κ1) is 9.00. The Kier molecular flexibility index (Phi) is 2.54. The van der Waals surface area contributed by atoms with Crippen molar-refractivity contribution >= 4 is 5.84 Å². The van der Waals surface area contributed by atoms with Crippen molar-refractivity contribution < 1.29 is 0 Å². The summed E-state index contributed by atoms with van der Waals surface area (Å²) >= 11 is 0. The van der Waals surface area contributed by atoms with Gasteiger partial charge in [-0.25, -0.2) is 5.84 Å². The Morgan fingerprint density at radius 1 is 1.46 bits per heavy atom. The number of rotatable bonds is 3. The largest absolute Gasteiger partial charge is 0.312 e. The van der Waals surface area contributed by atoms with Gasteiger partial charge in [-0.3, -0.25) is 4.99 Å². The maximum atomic E-state index is 5.48. The fourth-order valence-corrected chi connectivity index (χ4v) is 2.71. The van der Waals surface area contributed by atoms with Crippen molar-refractivity contribution in [2.24, 2.45) is 28.6 Å². The minimum Gasteiger partial charge on any atom is -0.312 e. The Labute approximate surface area is 79.8 Å². The van der Waals surface area contributed by atoms with Gasteiger partial charge in [-0.05, 0) is 31.1 Å². The first-order valence-electron chi connectivity index (χ1n) is 5.39. The molecule has 0 amide bonds. The maximum Gasteiger partial charge on any atom is 0.114 e. The third kappa shape index (κ3) is 1.57. The molecule has 0 bridgehead atoms. The third-order valence-corrected chi connectivity index (χ3v) is 3.38. The second kappa shape index (κ2) is 3.66. The van der Waals surface area contributed by atoms with Crippen LogP contribution in [0.15, 0.2) is 4.99 Å². The Morgan fingerprint density at radius 3 is 2.69 bits per heavy atom. The minimum absolute atomic E-state index is 0.685. The predicted octanol–water partition coefficient (Wildman–Crippen LogP) is 1.30. The van der Waals surface area contributed by atoms with E-state index in [1.54, 1.807) is 0 Å². The van der Waals surface area contributed by atoms with Gasteiger partial charge in [-0.2, -0.15) is 0 Å². The maximum absolute atomic E-state index is 5.48. The monoisotopic (exact) mass is 181 g/mol. The highest BCUT2D eigenvalue weighted by Crippen LogP contribution is 2.57. The normalized spacial score (nSPS) is 37.4. The lowest BCUT2D eigenvalue weighted by Gasteiger charge is -2.06. The molecule has 3 nitrogen and oxygen atoms in total. The molecule has 0 aromatic rings. The Morgan fingerprint density at radius 2 is 2.15 bits per heavy atom. The number of nitrogens with two attached hydrogens (primary N) is 1. The first-order valence-corrected chi connectivity index (χ1v) is 5.39. The molecule has 0 aromatic carbocycles. The fourth-order valence-electron chi connectivity index (χ4n) is 2.71. The lowest BCUT2D eigenvalue weighted by molar-refractivity contribution is 0.667. The molecule has 74 valence electrons.